The van der Waals surface area contributed by atoms with Crippen LogP contribution in [0.4, 0.5) is 0 Å². The average molecular weight is 473 g/mol. The number of fused-ring (bicyclic) bond motifs is 2. The van der Waals surface area contributed by atoms with Gasteiger partial charge in [-0.2, -0.15) is 0 Å². The van der Waals surface area contributed by atoms with Crippen molar-refractivity contribution in [3.05, 3.63) is 11.6 Å². The average Bonchev–Trinajstić information content (AvgIpc) is 3.29. The summed E-state index contributed by atoms with van der Waals surface area (Å²) < 4.78 is 11.8. The molecule has 0 spiro atoms. The van der Waals surface area contributed by atoms with Gasteiger partial charge >= 0.3 is 5.97 Å². The highest BCUT2D eigenvalue weighted by molar-refractivity contribution is 6.23. The molecule has 2 heterocycles. The van der Waals surface area contributed by atoms with Gasteiger partial charge in [-0.25, -0.2) is 4.79 Å². The summed E-state index contributed by atoms with van der Waals surface area (Å²) in [6.07, 6.45) is 13.2. The molecule has 34 heavy (non-hydrogen) atoms. The van der Waals surface area contributed by atoms with Gasteiger partial charge in [-0.15, -0.1) is 0 Å². The quantitative estimate of drug-likeness (QED) is 0.253. The van der Waals surface area contributed by atoms with E-state index in [9.17, 15) is 14.4 Å². The Morgan fingerprint density at radius 1 is 1.09 bits per heavy atom. The van der Waals surface area contributed by atoms with Gasteiger partial charge in [0.25, 0.3) is 5.60 Å². The van der Waals surface area contributed by atoms with Crippen LogP contribution in [-0.4, -0.2) is 47.6 Å². The van der Waals surface area contributed by atoms with Crippen molar-refractivity contribution in [2.24, 2.45) is 23.5 Å². The van der Waals surface area contributed by atoms with Crippen LogP contribution in [0, 0.1) is 17.8 Å². The van der Waals surface area contributed by atoms with Gasteiger partial charge < -0.3 is 20.5 Å². The third-order valence-electron chi connectivity index (χ3n) is 9.13. The van der Waals surface area contributed by atoms with Crippen LogP contribution in [0.5, 0.6) is 0 Å². The lowest BCUT2D eigenvalue weighted by Gasteiger charge is -2.37. The number of nitrogens with two attached hydrogens (primary N) is 1. The molecule has 0 radical (unpaired) electrons. The van der Waals surface area contributed by atoms with Gasteiger partial charge in [0.2, 0.25) is 0 Å². The van der Waals surface area contributed by atoms with E-state index in [4.69, 9.17) is 15.2 Å². The minimum Gasteiger partial charge on any atom is -0.460 e. The highest BCUT2D eigenvalue weighted by Gasteiger charge is 2.87. The monoisotopic (exact) mass is 472 g/mol. The van der Waals surface area contributed by atoms with Crippen LogP contribution in [0.25, 0.3) is 0 Å². The number of nitrogens with one attached hydrogen (secondary N) is 1. The molecule has 5 aliphatic rings. The third kappa shape index (κ3) is 4.07. The molecule has 7 nitrogen and oxygen atoms in total. The maximum atomic E-state index is 13.7. The zero-order chi connectivity index (χ0) is 23.9. The van der Waals surface area contributed by atoms with Crippen molar-refractivity contribution < 1.29 is 23.9 Å². The Hall–Kier alpha value is -1.57. The van der Waals surface area contributed by atoms with Gasteiger partial charge in [-0.05, 0) is 83.6 Å². The summed E-state index contributed by atoms with van der Waals surface area (Å²) in [6.45, 7) is 3.02. The number of hydrogen-bond acceptors (Lipinski definition) is 7. The van der Waals surface area contributed by atoms with Gasteiger partial charge in [0.05, 0.1) is 6.17 Å². The Morgan fingerprint density at radius 2 is 1.76 bits per heavy atom. The molecule has 7 heteroatoms. The largest absolute Gasteiger partial charge is 0.460 e. The zero-order valence-corrected chi connectivity index (χ0v) is 20.5. The normalized spacial score (nSPS) is 40.6. The van der Waals surface area contributed by atoms with E-state index in [1.54, 1.807) is 0 Å². The Labute approximate surface area is 202 Å². The maximum Gasteiger partial charge on any atom is 0.350 e. The molecule has 6 atom stereocenters. The van der Waals surface area contributed by atoms with Gasteiger partial charge in [0.15, 0.2) is 17.2 Å². The van der Waals surface area contributed by atoms with Crippen molar-refractivity contribution in [3.63, 3.8) is 0 Å². The predicted octanol–water partition coefficient (Wildman–Crippen LogP) is 3.34. The number of Topliss-reactive ketones (excluding diaryl/α,β-unsaturated/α-hetero) is 2. The van der Waals surface area contributed by atoms with E-state index in [1.165, 1.54) is 5.57 Å². The number of hydrogen-bond donors (Lipinski definition) is 2. The second-order valence-corrected chi connectivity index (χ2v) is 11.4. The molecule has 2 aliphatic heterocycles. The number of ketones is 2. The molecule has 0 amide bonds. The fourth-order valence-electron chi connectivity index (χ4n) is 7.01. The Morgan fingerprint density at radius 3 is 2.47 bits per heavy atom. The van der Waals surface area contributed by atoms with Crippen LogP contribution in [0.2, 0.25) is 0 Å². The van der Waals surface area contributed by atoms with Gasteiger partial charge in [0.1, 0.15) is 6.10 Å². The molecule has 5 rings (SSSR count). The number of piperidine rings is 1. The van der Waals surface area contributed by atoms with Crippen LogP contribution in [-0.2, 0) is 23.9 Å². The Bertz CT molecular complexity index is 865. The molecule has 0 aromatic heterocycles. The molecular formula is C27H40N2O5. The molecule has 6 unspecified atom stereocenters. The summed E-state index contributed by atoms with van der Waals surface area (Å²) in [7, 11) is 0. The topological polar surface area (TPSA) is 111 Å². The van der Waals surface area contributed by atoms with Gasteiger partial charge in [-0.3, -0.25) is 9.59 Å². The van der Waals surface area contributed by atoms with E-state index in [0.717, 1.165) is 70.8 Å². The highest BCUT2D eigenvalue weighted by Crippen LogP contribution is 2.61. The van der Waals surface area contributed by atoms with E-state index >= 15 is 0 Å². The van der Waals surface area contributed by atoms with E-state index in [-0.39, 0.29) is 36.2 Å². The highest BCUT2D eigenvalue weighted by atomic mass is 16.7. The standard InChI is InChI=1S/C27H40N2O5/c1-17(10-11-18-13-15-29-22(28)16-18)12-14-26-23(30)20-8-4-5-9-21(20)24(31)27(26,34-26)25(32)33-19-6-2-3-7-19/h12,18-22,29H,2-11,13-16,28H2,1H3. The lowest BCUT2D eigenvalue weighted by molar-refractivity contribution is -0.162. The molecule has 0 bridgehead atoms. The number of allylic oxidation sites excluding steroid dienone is 1. The number of epoxide rings is 1. The van der Waals surface area contributed by atoms with Crippen LogP contribution < -0.4 is 11.1 Å². The van der Waals surface area contributed by atoms with E-state index < -0.39 is 23.1 Å². The number of carbonyl (C=O) groups is 3. The van der Waals surface area contributed by atoms with Crippen molar-refractivity contribution in [1.29, 1.82) is 0 Å². The number of ether oxygens (including phenoxy) is 2. The molecule has 0 aromatic carbocycles. The van der Waals surface area contributed by atoms with Crippen molar-refractivity contribution in [3.8, 4) is 0 Å². The summed E-state index contributed by atoms with van der Waals surface area (Å²) in [5.41, 5.74) is 4.12. The second-order valence-electron chi connectivity index (χ2n) is 11.4. The maximum absolute atomic E-state index is 13.7. The van der Waals surface area contributed by atoms with Crippen molar-refractivity contribution in [2.45, 2.75) is 114 Å². The Balaban J connectivity index is 1.32. The minimum atomic E-state index is -1.72. The first-order valence-corrected chi connectivity index (χ1v) is 13.5. The zero-order valence-electron chi connectivity index (χ0n) is 20.5. The molecule has 3 N–H and O–H groups in total. The van der Waals surface area contributed by atoms with Crippen LogP contribution in [0.1, 0.15) is 90.4 Å². The van der Waals surface area contributed by atoms with Gasteiger partial charge in [0, 0.05) is 18.3 Å². The first kappa shape index (κ1) is 24.1. The first-order chi connectivity index (χ1) is 16.4. The van der Waals surface area contributed by atoms with Gasteiger partial charge in [-0.1, -0.05) is 24.5 Å². The molecule has 3 saturated carbocycles. The van der Waals surface area contributed by atoms with E-state index in [2.05, 4.69) is 12.2 Å². The summed E-state index contributed by atoms with van der Waals surface area (Å²) in [5, 5.41) is 3.28. The summed E-state index contributed by atoms with van der Waals surface area (Å²) >= 11 is 0. The second kappa shape index (κ2) is 9.47. The molecular weight excluding hydrogens is 432 g/mol. The number of rotatable bonds is 7. The van der Waals surface area contributed by atoms with Crippen LogP contribution >= 0.6 is 0 Å². The SMILES string of the molecule is CC(=CCC12OC1(C(=O)OC1CCCC1)C(=O)C1CCCCC1C2=O)CCC1CCNC(N)C1. The fourth-order valence-corrected chi connectivity index (χ4v) is 7.01. The third-order valence-corrected chi connectivity index (χ3v) is 9.13. The first-order valence-electron chi connectivity index (χ1n) is 13.5. The molecule has 0 aromatic rings. The summed E-state index contributed by atoms with van der Waals surface area (Å²) in [5.74, 6) is -0.987. The van der Waals surface area contributed by atoms with Crippen LogP contribution in [0.15, 0.2) is 11.6 Å². The lowest BCUT2D eigenvalue weighted by Crippen LogP contribution is -2.58. The van der Waals surface area contributed by atoms with Crippen molar-refractivity contribution in [1.82, 2.24) is 5.32 Å². The number of esters is 1. The van der Waals surface area contributed by atoms with E-state index in [1.807, 2.05) is 6.08 Å². The fraction of sp³-hybridized carbons (Fsp3) is 0.815. The van der Waals surface area contributed by atoms with E-state index in [0.29, 0.717) is 18.8 Å². The number of carbonyl (C=O) groups excluding carboxylic acids is 3. The summed E-state index contributed by atoms with van der Waals surface area (Å²) in [4.78, 5) is 40.8. The smallest absolute Gasteiger partial charge is 0.350 e. The van der Waals surface area contributed by atoms with Crippen LogP contribution in [0.3, 0.4) is 0 Å². The molecule has 188 valence electrons. The molecule has 5 fully saturated rings. The minimum absolute atomic E-state index is 0.0476. The summed E-state index contributed by atoms with van der Waals surface area (Å²) in [6, 6.07) is 0. The van der Waals surface area contributed by atoms with Crippen molar-refractivity contribution in [2.75, 3.05) is 6.54 Å². The molecule has 2 saturated heterocycles. The Kier molecular flexibility index (Phi) is 6.73. The van der Waals surface area contributed by atoms with Crippen molar-refractivity contribution >= 4 is 17.5 Å². The lowest BCUT2D eigenvalue weighted by atomic mass is 9.61. The molecule has 3 aliphatic carbocycles. The predicted molar refractivity (Wildman–Crippen MR) is 127 cm³/mol.